The molecular weight excluding hydrogens is 255 g/mol. The van der Waals surface area contributed by atoms with Crippen LogP contribution < -0.4 is 5.73 Å². The second kappa shape index (κ2) is 5.14. The molecule has 0 aliphatic rings. The minimum Gasteiger partial charge on any atom is -0.398 e. The molecule has 2 N–H and O–H groups in total. The highest BCUT2D eigenvalue weighted by molar-refractivity contribution is 6.01. The Morgan fingerprint density at radius 2 is 1.58 bits per heavy atom. The van der Waals surface area contributed by atoms with Crippen LogP contribution in [-0.2, 0) is 6.42 Å². The topological polar surface area (TPSA) is 43.1 Å². The van der Waals surface area contributed by atoms with Gasteiger partial charge in [-0.1, -0.05) is 0 Å². The Morgan fingerprint density at radius 1 is 0.947 bits per heavy atom. The molecule has 2 aromatic carbocycles. The van der Waals surface area contributed by atoms with Crippen LogP contribution >= 0.6 is 0 Å². The molecule has 2 aromatic rings. The Kier molecular flexibility index (Phi) is 3.55. The number of hydrogen-bond acceptors (Lipinski definition) is 2. The summed E-state index contributed by atoms with van der Waals surface area (Å²) >= 11 is 0. The van der Waals surface area contributed by atoms with Crippen LogP contribution in [0.15, 0.2) is 36.4 Å². The van der Waals surface area contributed by atoms with E-state index in [-0.39, 0.29) is 23.2 Å². The minimum atomic E-state index is -0.769. The molecule has 0 atom stereocenters. The van der Waals surface area contributed by atoms with Gasteiger partial charge >= 0.3 is 0 Å². The number of rotatable bonds is 3. The zero-order valence-corrected chi connectivity index (χ0v) is 9.79. The van der Waals surface area contributed by atoms with E-state index >= 15 is 0 Å². The van der Waals surface area contributed by atoms with E-state index < -0.39 is 23.2 Å². The lowest BCUT2D eigenvalue weighted by atomic mass is 10.0. The van der Waals surface area contributed by atoms with Crippen molar-refractivity contribution in [2.24, 2.45) is 0 Å². The summed E-state index contributed by atoms with van der Waals surface area (Å²) in [5, 5.41) is 0. The van der Waals surface area contributed by atoms with Crippen LogP contribution in [0.3, 0.4) is 0 Å². The maximum atomic E-state index is 13.0. The molecule has 0 saturated heterocycles. The number of hydrogen-bond donors (Lipinski definition) is 1. The highest BCUT2D eigenvalue weighted by Gasteiger charge is 2.13. The van der Waals surface area contributed by atoms with Crippen molar-refractivity contribution < 1.29 is 18.0 Å². The summed E-state index contributed by atoms with van der Waals surface area (Å²) in [5.41, 5.74) is 5.87. The molecule has 0 fully saturated rings. The van der Waals surface area contributed by atoms with Crippen molar-refractivity contribution in [1.29, 1.82) is 0 Å². The van der Waals surface area contributed by atoms with E-state index in [2.05, 4.69) is 0 Å². The van der Waals surface area contributed by atoms with E-state index in [0.717, 1.165) is 24.3 Å². The van der Waals surface area contributed by atoms with Crippen LogP contribution in [0.1, 0.15) is 15.9 Å². The largest absolute Gasteiger partial charge is 0.398 e. The molecule has 0 aliphatic heterocycles. The van der Waals surface area contributed by atoms with Crippen LogP contribution in [-0.4, -0.2) is 5.78 Å². The monoisotopic (exact) mass is 265 g/mol. The maximum absolute atomic E-state index is 13.0. The van der Waals surface area contributed by atoms with E-state index in [0.29, 0.717) is 6.07 Å². The second-order valence-electron chi connectivity index (χ2n) is 4.11. The van der Waals surface area contributed by atoms with E-state index in [9.17, 15) is 18.0 Å². The molecule has 0 heterocycles. The molecule has 0 amide bonds. The number of anilines is 1. The summed E-state index contributed by atoms with van der Waals surface area (Å²) in [7, 11) is 0. The Morgan fingerprint density at radius 3 is 2.21 bits per heavy atom. The zero-order chi connectivity index (χ0) is 14.0. The van der Waals surface area contributed by atoms with E-state index in [4.69, 9.17) is 5.73 Å². The fourth-order valence-electron chi connectivity index (χ4n) is 1.76. The highest BCUT2D eigenvalue weighted by Crippen LogP contribution is 2.17. The van der Waals surface area contributed by atoms with Gasteiger partial charge in [-0.25, -0.2) is 13.2 Å². The minimum absolute atomic E-state index is 0.00432. The zero-order valence-electron chi connectivity index (χ0n) is 9.79. The van der Waals surface area contributed by atoms with Crippen LogP contribution in [0.25, 0.3) is 0 Å². The SMILES string of the molecule is Nc1ccc(F)cc1C(=O)Cc1cc(F)cc(F)c1. The molecule has 0 aromatic heterocycles. The summed E-state index contributed by atoms with van der Waals surface area (Å²) < 4.78 is 39.0. The van der Waals surface area contributed by atoms with E-state index in [1.165, 1.54) is 6.07 Å². The van der Waals surface area contributed by atoms with Crippen molar-refractivity contribution in [1.82, 2.24) is 0 Å². The van der Waals surface area contributed by atoms with Crippen molar-refractivity contribution in [3.8, 4) is 0 Å². The standard InChI is InChI=1S/C14H10F3NO/c15-9-1-2-13(18)12(7-9)14(19)5-8-3-10(16)6-11(17)4-8/h1-4,6-7H,5,18H2. The molecule has 5 heteroatoms. The van der Waals surface area contributed by atoms with Crippen LogP contribution in [0, 0.1) is 17.5 Å². The van der Waals surface area contributed by atoms with Crippen molar-refractivity contribution in [3.63, 3.8) is 0 Å². The van der Waals surface area contributed by atoms with Crippen molar-refractivity contribution in [2.75, 3.05) is 5.73 Å². The predicted molar refractivity (Wildman–Crippen MR) is 65.2 cm³/mol. The number of carbonyl (C=O) groups excluding carboxylic acids is 1. The molecular formula is C14H10F3NO. The van der Waals surface area contributed by atoms with Gasteiger partial charge in [-0.05, 0) is 35.9 Å². The van der Waals surface area contributed by atoms with Gasteiger partial charge in [0.2, 0.25) is 0 Å². The summed E-state index contributed by atoms with van der Waals surface area (Å²) in [6.45, 7) is 0. The number of nitrogens with two attached hydrogens (primary N) is 1. The third-order valence-corrected chi connectivity index (χ3v) is 2.60. The highest BCUT2D eigenvalue weighted by atomic mass is 19.1. The molecule has 2 nitrogen and oxygen atoms in total. The first-order chi connectivity index (χ1) is 8.95. The average molecular weight is 265 g/mol. The normalized spacial score (nSPS) is 10.5. The van der Waals surface area contributed by atoms with Gasteiger partial charge in [0.05, 0.1) is 0 Å². The van der Waals surface area contributed by atoms with Gasteiger partial charge in [0.1, 0.15) is 17.5 Å². The summed E-state index contributed by atoms with van der Waals surface area (Å²) in [6.07, 6.45) is -0.248. The van der Waals surface area contributed by atoms with E-state index in [1.54, 1.807) is 0 Å². The Balaban J connectivity index is 2.28. The fraction of sp³-hybridized carbons (Fsp3) is 0.0714. The number of halogens is 3. The summed E-state index contributed by atoms with van der Waals surface area (Å²) in [5.74, 6) is -2.63. The molecule has 0 aliphatic carbocycles. The number of Topliss-reactive ketones (excluding diaryl/α,β-unsaturated/α-hetero) is 1. The predicted octanol–water partition coefficient (Wildman–Crippen LogP) is 3.11. The van der Waals surface area contributed by atoms with Gasteiger partial charge in [-0.15, -0.1) is 0 Å². The van der Waals surface area contributed by atoms with Crippen molar-refractivity contribution in [3.05, 3.63) is 65.0 Å². The van der Waals surface area contributed by atoms with Crippen LogP contribution in [0.2, 0.25) is 0 Å². The maximum Gasteiger partial charge on any atom is 0.169 e. The Labute approximate surface area is 107 Å². The molecule has 19 heavy (non-hydrogen) atoms. The van der Waals surface area contributed by atoms with Gasteiger partial charge in [-0.2, -0.15) is 0 Å². The molecule has 0 saturated carbocycles. The molecule has 0 spiro atoms. The van der Waals surface area contributed by atoms with Gasteiger partial charge in [0.15, 0.2) is 5.78 Å². The van der Waals surface area contributed by atoms with Gasteiger partial charge in [0, 0.05) is 23.7 Å². The van der Waals surface area contributed by atoms with Crippen LogP contribution in [0.5, 0.6) is 0 Å². The first-order valence-corrected chi connectivity index (χ1v) is 5.49. The quantitative estimate of drug-likeness (QED) is 0.684. The first-order valence-electron chi connectivity index (χ1n) is 5.49. The third kappa shape index (κ3) is 3.13. The molecule has 0 radical (unpaired) electrons. The molecule has 0 unspecified atom stereocenters. The second-order valence-corrected chi connectivity index (χ2v) is 4.11. The van der Waals surface area contributed by atoms with Crippen molar-refractivity contribution in [2.45, 2.75) is 6.42 Å². The molecule has 98 valence electrons. The lowest BCUT2D eigenvalue weighted by molar-refractivity contribution is 0.0993. The lowest BCUT2D eigenvalue weighted by Crippen LogP contribution is -2.08. The first kappa shape index (κ1) is 13.1. The summed E-state index contributed by atoms with van der Waals surface area (Å²) in [6, 6.07) is 6.23. The Hall–Kier alpha value is -2.30. The third-order valence-electron chi connectivity index (χ3n) is 2.60. The van der Waals surface area contributed by atoms with Crippen molar-refractivity contribution >= 4 is 11.5 Å². The van der Waals surface area contributed by atoms with Gasteiger partial charge < -0.3 is 5.73 Å². The fourth-order valence-corrected chi connectivity index (χ4v) is 1.76. The molecule has 2 rings (SSSR count). The average Bonchev–Trinajstić information content (AvgIpc) is 2.30. The number of benzene rings is 2. The molecule has 0 bridgehead atoms. The van der Waals surface area contributed by atoms with E-state index in [1.807, 2.05) is 0 Å². The van der Waals surface area contributed by atoms with Gasteiger partial charge in [-0.3, -0.25) is 4.79 Å². The van der Waals surface area contributed by atoms with Gasteiger partial charge in [0.25, 0.3) is 0 Å². The van der Waals surface area contributed by atoms with Crippen LogP contribution in [0.4, 0.5) is 18.9 Å². The Bertz CT molecular complexity index is 620. The number of carbonyl (C=O) groups is 1. The number of ketones is 1. The lowest BCUT2D eigenvalue weighted by Gasteiger charge is -2.05. The summed E-state index contributed by atoms with van der Waals surface area (Å²) in [4.78, 5) is 11.9. The smallest absolute Gasteiger partial charge is 0.169 e. The number of nitrogen functional groups attached to an aromatic ring is 1.